The standard InChI is InChI=1S/C25H32O6/c1-5-29-24(4)30-14-20(28)25(31-24)11-9-18-17-7-6-15-12-16(26)8-10-22(15,2)21(17)19(27)13-23(18,25)3/h8,10,12,17-18,21H,5-7,9,11,13-14H2,1-4H3/t17-,18-,21+,22+,23+,24+,25-/m1/s1. The number of allylic oxidation sites excluding steroid dienone is 4. The Morgan fingerprint density at radius 3 is 2.68 bits per heavy atom. The van der Waals surface area contributed by atoms with E-state index in [9.17, 15) is 14.4 Å². The normalized spacial score (nSPS) is 49.0. The van der Waals surface area contributed by atoms with E-state index in [1.54, 1.807) is 19.1 Å². The van der Waals surface area contributed by atoms with Gasteiger partial charge in [0.2, 0.25) is 0 Å². The maximum absolute atomic E-state index is 13.8. The second kappa shape index (κ2) is 6.69. The predicted molar refractivity (Wildman–Crippen MR) is 112 cm³/mol. The van der Waals surface area contributed by atoms with Crippen molar-refractivity contribution < 1.29 is 28.6 Å². The molecule has 4 fully saturated rings. The Hall–Kier alpha value is -1.63. The molecule has 0 radical (unpaired) electrons. The fraction of sp³-hybridized carbons (Fsp3) is 0.720. The molecule has 5 rings (SSSR count). The smallest absolute Gasteiger partial charge is 0.281 e. The van der Waals surface area contributed by atoms with Gasteiger partial charge in [0.1, 0.15) is 18.0 Å². The zero-order valence-corrected chi connectivity index (χ0v) is 18.9. The Balaban J connectivity index is 1.54. The van der Waals surface area contributed by atoms with E-state index in [0.29, 0.717) is 19.4 Å². The van der Waals surface area contributed by atoms with Gasteiger partial charge in [-0.25, -0.2) is 0 Å². The Morgan fingerprint density at radius 1 is 1.16 bits per heavy atom. The van der Waals surface area contributed by atoms with Crippen LogP contribution in [0.2, 0.25) is 0 Å². The Labute approximate surface area is 183 Å². The molecule has 31 heavy (non-hydrogen) atoms. The fourth-order valence-electron chi connectivity index (χ4n) is 7.69. The molecule has 5 aliphatic rings. The van der Waals surface area contributed by atoms with Gasteiger partial charge < -0.3 is 14.2 Å². The minimum absolute atomic E-state index is 0.00949. The first kappa shape index (κ1) is 21.2. The monoisotopic (exact) mass is 428 g/mol. The highest BCUT2D eigenvalue weighted by atomic mass is 16.9. The summed E-state index contributed by atoms with van der Waals surface area (Å²) in [5, 5.41) is 0. The first-order chi connectivity index (χ1) is 14.6. The largest absolute Gasteiger partial charge is 0.328 e. The summed E-state index contributed by atoms with van der Waals surface area (Å²) in [7, 11) is 0. The van der Waals surface area contributed by atoms with Gasteiger partial charge in [-0.2, -0.15) is 0 Å². The van der Waals surface area contributed by atoms with Crippen LogP contribution in [0, 0.1) is 28.6 Å². The maximum atomic E-state index is 13.8. The van der Waals surface area contributed by atoms with Crippen molar-refractivity contribution in [2.45, 2.75) is 71.4 Å². The van der Waals surface area contributed by atoms with Crippen LogP contribution in [-0.4, -0.2) is 42.1 Å². The number of carbonyl (C=O) groups excluding carboxylic acids is 3. The van der Waals surface area contributed by atoms with Crippen LogP contribution < -0.4 is 0 Å². The summed E-state index contributed by atoms with van der Waals surface area (Å²) in [6.45, 7) is 8.11. The summed E-state index contributed by atoms with van der Waals surface area (Å²) in [6, 6.07) is 0. The minimum atomic E-state index is -1.28. The van der Waals surface area contributed by atoms with Crippen LogP contribution in [0.3, 0.4) is 0 Å². The van der Waals surface area contributed by atoms with E-state index in [1.165, 1.54) is 0 Å². The highest BCUT2D eigenvalue weighted by Crippen LogP contribution is 2.67. The molecule has 0 bridgehead atoms. The highest BCUT2D eigenvalue weighted by molar-refractivity contribution is 6.02. The van der Waals surface area contributed by atoms with Crippen molar-refractivity contribution in [1.29, 1.82) is 0 Å². The topological polar surface area (TPSA) is 78.9 Å². The average Bonchev–Trinajstić information content (AvgIpc) is 2.98. The first-order valence-corrected chi connectivity index (χ1v) is 11.6. The summed E-state index contributed by atoms with van der Waals surface area (Å²) in [5.74, 6) is -0.949. The molecule has 6 nitrogen and oxygen atoms in total. The van der Waals surface area contributed by atoms with Crippen molar-refractivity contribution in [2.75, 3.05) is 13.2 Å². The molecule has 168 valence electrons. The van der Waals surface area contributed by atoms with Gasteiger partial charge in [0.05, 0.1) is 0 Å². The van der Waals surface area contributed by atoms with Crippen LogP contribution in [0.25, 0.3) is 0 Å². The number of ketones is 3. The van der Waals surface area contributed by atoms with Crippen molar-refractivity contribution >= 4 is 17.3 Å². The molecule has 1 spiro atoms. The number of ether oxygens (including phenoxy) is 3. The summed E-state index contributed by atoms with van der Waals surface area (Å²) >= 11 is 0. The highest BCUT2D eigenvalue weighted by Gasteiger charge is 2.71. The van der Waals surface area contributed by atoms with Gasteiger partial charge in [0.15, 0.2) is 11.6 Å². The Morgan fingerprint density at radius 2 is 1.94 bits per heavy atom. The molecule has 6 heteroatoms. The number of carbonyl (C=O) groups is 3. The van der Waals surface area contributed by atoms with Gasteiger partial charge >= 0.3 is 0 Å². The molecule has 0 N–H and O–H groups in total. The molecule has 4 aliphatic carbocycles. The maximum Gasteiger partial charge on any atom is 0.281 e. The van der Waals surface area contributed by atoms with Crippen molar-refractivity contribution in [1.82, 2.24) is 0 Å². The molecule has 1 heterocycles. The summed E-state index contributed by atoms with van der Waals surface area (Å²) in [5.41, 5.74) is -0.981. The molecule has 7 atom stereocenters. The van der Waals surface area contributed by atoms with Crippen LogP contribution in [0.5, 0.6) is 0 Å². The molecule has 0 amide bonds. The van der Waals surface area contributed by atoms with Gasteiger partial charge in [-0.1, -0.05) is 25.5 Å². The molecule has 3 saturated carbocycles. The van der Waals surface area contributed by atoms with Gasteiger partial charge in [0.25, 0.3) is 5.97 Å². The summed E-state index contributed by atoms with van der Waals surface area (Å²) in [4.78, 5) is 39.0. The van der Waals surface area contributed by atoms with E-state index in [-0.39, 0.29) is 41.7 Å². The lowest BCUT2D eigenvalue weighted by atomic mass is 9.46. The molecule has 0 unspecified atom stereocenters. The van der Waals surface area contributed by atoms with Crippen LogP contribution in [0.4, 0.5) is 0 Å². The molecule has 1 saturated heterocycles. The van der Waals surface area contributed by atoms with Crippen molar-refractivity contribution in [3.05, 3.63) is 23.8 Å². The van der Waals surface area contributed by atoms with E-state index >= 15 is 0 Å². The van der Waals surface area contributed by atoms with Crippen molar-refractivity contribution in [3.63, 3.8) is 0 Å². The van der Waals surface area contributed by atoms with E-state index in [1.807, 2.05) is 13.0 Å². The number of hydrogen-bond acceptors (Lipinski definition) is 6. The van der Waals surface area contributed by atoms with Crippen LogP contribution >= 0.6 is 0 Å². The number of Topliss-reactive ketones (excluding diaryl/α,β-unsaturated/α-hetero) is 2. The zero-order valence-electron chi connectivity index (χ0n) is 18.9. The average molecular weight is 429 g/mol. The van der Waals surface area contributed by atoms with E-state index < -0.39 is 22.4 Å². The second-order valence-corrected chi connectivity index (χ2v) is 10.5. The molecule has 0 aromatic carbocycles. The molecule has 1 aliphatic heterocycles. The third kappa shape index (κ3) is 2.71. The van der Waals surface area contributed by atoms with E-state index in [0.717, 1.165) is 24.8 Å². The quantitative estimate of drug-likeness (QED) is 0.669. The summed E-state index contributed by atoms with van der Waals surface area (Å²) < 4.78 is 17.8. The predicted octanol–water partition coefficient (Wildman–Crippen LogP) is 3.54. The third-order valence-electron chi connectivity index (χ3n) is 9.06. The van der Waals surface area contributed by atoms with Crippen LogP contribution in [0.15, 0.2) is 23.8 Å². The van der Waals surface area contributed by atoms with Crippen molar-refractivity contribution in [2.24, 2.45) is 28.6 Å². The first-order valence-electron chi connectivity index (χ1n) is 11.6. The van der Waals surface area contributed by atoms with E-state index in [2.05, 4.69) is 13.8 Å². The lowest BCUT2D eigenvalue weighted by Gasteiger charge is -2.58. The van der Waals surface area contributed by atoms with Gasteiger partial charge in [-0.3, -0.25) is 14.4 Å². The van der Waals surface area contributed by atoms with E-state index in [4.69, 9.17) is 14.2 Å². The van der Waals surface area contributed by atoms with Gasteiger partial charge in [0, 0.05) is 36.7 Å². The number of hydrogen-bond donors (Lipinski definition) is 0. The lowest BCUT2D eigenvalue weighted by molar-refractivity contribution is -0.419. The Bertz CT molecular complexity index is 919. The van der Waals surface area contributed by atoms with Crippen LogP contribution in [0.1, 0.15) is 59.8 Å². The lowest BCUT2D eigenvalue weighted by Crippen LogP contribution is -2.66. The third-order valence-corrected chi connectivity index (χ3v) is 9.06. The number of rotatable bonds is 2. The van der Waals surface area contributed by atoms with Gasteiger partial charge in [-0.05, 0) is 56.6 Å². The Kier molecular flexibility index (Phi) is 4.58. The molecular weight excluding hydrogens is 396 g/mol. The molecular formula is C25H32O6. The summed E-state index contributed by atoms with van der Waals surface area (Å²) in [6.07, 6.45) is 8.71. The van der Waals surface area contributed by atoms with Crippen LogP contribution in [-0.2, 0) is 28.6 Å². The van der Waals surface area contributed by atoms with Crippen molar-refractivity contribution in [3.8, 4) is 0 Å². The minimum Gasteiger partial charge on any atom is -0.328 e. The fourth-order valence-corrected chi connectivity index (χ4v) is 7.69. The SMILES string of the molecule is CCO[C@@]1(C)OCC(=O)[C@@]2(CC[C@@H]3[C@H]4CCC5=CC(=O)C=C[C@]5(C)[C@@H]4C(=O)C[C@@]32C)O1. The molecule has 0 aromatic rings. The second-order valence-electron chi connectivity index (χ2n) is 10.5. The molecule has 0 aromatic heterocycles. The number of fused-ring (bicyclic) bond motifs is 6. The zero-order chi connectivity index (χ0) is 22.2. The van der Waals surface area contributed by atoms with Gasteiger partial charge in [-0.15, -0.1) is 0 Å².